The highest BCUT2D eigenvalue weighted by Gasteiger charge is 2.10. The molecule has 1 N–H and O–H groups in total. The Morgan fingerprint density at radius 2 is 2.29 bits per heavy atom. The smallest absolute Gasteiger partial charge is 0.328 e. The van der Waals surface area contributed by atoms with Crippen LogP contribution in [-0.4, -0.2) is 22.7 Å². The molecule has 1 aromatic heterocycles. The van der Waals surface area contributed by atoms with E-state index < -0.39 is 5.97 Å². The van der Waals surface area contributed by atoms with Crippen LogP contribution in [0, 0.1) is 0 Å². The highest BCUT2D eigenvalue weighted by atomic mass is 32.1. The molecule has 0 aliphatic carbocycles. The highest BCUT2D eigenvalue weighted by molar-refractivity contribution is 7.09. The van der Waals surface area contributed by atoms with Crippen LogP contribution in [0.25, 0.3) is 6.08 Å². The molecule has 0 unspecified atom stereocenters. The van der Waals surface area contributed by atoms with Gasteiger partial charge in [0, 0.05) is 23.2 Å². The summed E-state index contributed by atoms with van der Waals surface area (Å²) < 4.78 is 11.3. The number of rotatable bonds is 7. The number of ether oxygens (including phenoxy) is 2. The Kier molecular flexibility index (Phi) is 5.34. The number of benzene rings is 1. The maximum atomic E-state index is 10.7. The van der Waals surface area contributed by atoms with Gasteiger partial charge in [-0.25, -0.2) is 9.78 Å². The third kappa shape index (κ3) is 4.32. The van der Waals surface area contributed by atoms with E-state index in [1.165, 1.54) is 17.4 Å². The first-order valence-corrected chi connectivity index (χ1v) is 7.26. The lowest BCUT2D eigenvalue weighted by Crippen LogP contribution is -2.01. The molecule has 0 bridgehead atoms. The molecule has 0 amide bonds. The van der Waals surface area contributed by atoms with Crippen LogP contribution in [0.15, 0.2) is 35.9 Å². The van der Waals surface area contributed by atoms with Crippen LogP contribution in [0.2, 0.25) is 0 Å². The molecule has 6 heteroatoms. The van der Waals surface area contributed by atoms with Crippen molar-refractivity contribution in [1.29, 1.82) is 0 Å². The van der Waals surface area contributed by atoms with Gasteiger partial charge in [-0.15, -0.1) is 11.3 Å². The van der Waals surface area contributed by atoms with Crippen LogP contribution in [0.4, 0.5) is 0 Å². The van der Waals surface area contributed by atoms with Crippen LogP contribution in [0.3, 0.4) is 0 Å². The summed E-state index contributed by atoms with van der Waals surface area (Å²) in [7, 11) is 0. The van der Waals surface area contributed by atoms with Crippen LogP contribution in [-0.2, 0) is 11.4 Å². The van der Waals surface area contributed by atoms with E-state index in [0.29, 0.717) is 30.3 Å². The molecule has 0 aliphatic heterocycles. The zero-order chi connectivity index (χ0) is 15.1. The summed E-state index contributed by atoms with van der Waals surface area (Å²) in [6.07, 6.45) is 4.27. The SMILES string of the molecule is CCOc1cccc(/C=C/C(=O)O)c1OCc1nccs1. The average molecular weight is 305 g/mol. The lowest BCUT2D eigenvalue weighted by molar-refractivity contribution is -0.131. The van der Waals surface area contributed by atoms with Crippen molar-refractivity contribution in [2.45, 2.75) is 13.5 Å². The molecular formula is C15H15NO4S. The predicted molar refractivity (Wildman–Crippen MR) is 80.7 cm³/mol. The predicted octanol–water partition coefficient (Wildman–Crippen LogP) is 3.22. The van der Waals surface area contributed by atoms with Crippen LogP contribution >= 0.6 is 11.3 Å². The first-order valence-electron chi connectivity index (χ1n) is 6.38. The van der Waals surface area contributed by atoms with Crippen molar-refractivity contribution in [1.82, 2.24) is 4.98 Å². The Balaban J connectivity index is 2.26. The van der Waals surface area contributed by atoms with Gasteiger partial charge in [0.25, 0.3) is 0 Å². The Hall–Kier alpha value is -2.34. The summed E-state index contributed by atoms with van der Waals surface area (Å²) in [6, 6.07) is 5.36. The molecule has 2 aromatic rings. The molecule has 1 aromatic carbocycles. The minimum atomic E-state index is -1.01. The number of thiazole rings is 1. The summed E-state index contributed by atoms with van der Waals surface area (Å²) >= 11 is 1.50. The van der Waals surface area contributed by atoms with E-state index in [2.05, 4.69) is 4.98 Å². The van der Waals surface area contributed by atoms with Gasteiger partial charge in [-0.05, 0) is 19.1 Å². The summed E-state index contributed by atoms with van der Waals surface area (Å²) in [6.45, 7) is 2.69. The number of aliphatic carboxylic acids is 1. The molecule has 0 fully saturated rings. The van der Waals surface area contributed by atoms with Gasteiger partial charge in [-0.3, -0.25) is 0 Å². The largest absolute Gasteiger partial charge is 0.490 e. The normalized spacial score (nSPS) is 10.7. The standard InChI is InChI=1S/C15H15NO4S/c1-2-19-12-5-3-4-11(6-7-14(17)18)15(12)20-10-13-16-8-9-21-13/h3-9H,2,10H2,1H3,(H,17,18)/b7-6+. The topological polar surface area (TPSA) is 68.7 Å². The fourth-order valence-electron chi connectivity index (χ4n) is 1.71. The van der Waals surface area contributed by atoms with Gasteiger partial charge in [0.2, 0.25) is 0 Å². The van der Waals surface area contributed by atoms with Gasteiger partial charge in [0.1, 0.15) is 11.6 Å². The third-order valence-electron chi connectivity index (χ3n) is 2.54. The molecule has 0 spiro atoms. The van der Waals surface area contributed by atoms with E-state index in [9.17, 15) is 4.79 Å². The highest BCUT2D eigenvalue weighted by Crippen LogP contribution is 2.33. The zero-order valence-corrected chi connectivity index (χ0v) is 12.3. The molecular weight excluding hydrogens is 290 g/mol. The lowest BCUT2D eigenvalue weighted by Gasteiger charge is -2.13. The molecule has 2 rings (SSSR count). The summed E-state index contributed by atoms with van der Waals surface area (Å²) in [4.78, 5) is 14.8. The maximum Gasteiger partial charge on any atom is 0.328 e. The van der Waals surface area contributed by atoms with Crippen molar-refractivity contribution < 1.29 is 19.4 Å². The Labute approximate surface area is 126 Å². The number of aromatic nitrogens is 1. The Morgan fingerprint density at radius 3 is 2.95 bits per heavy atom. The number of carbonyl (C=O) groups is 1. The number of carboxylic acid groups (broad SMARTS) is 1. The van der Waals surface area contributed by atoms with Crippen molar-refractivity contribution >= 4 is 23.4 Å². The van der Waals surface area contributed by atoms with E-state index in [4.69, 9.17) is 14.6 Å². The average Bonchev–Trinajstić information content (AvgIpc) is 2.97. The number of nitrogens with zero attached hydrogens (tertiary/aromatic N) is 1. The second-order valence-corrected chi connectivity index (χ2v) is 4.97. The van der Waals surface area contributed by atoms with Crippen molar-refractivity contribution in [2.24, 2.45) is 0 Å². The molecule has 5 nitrogen and oxygen atoms in total. The first kappa shape index (κ1) is 15.1. The fourth-order valence-corrected chi connectivity index (χ4v) is 2.23. The number of para-hydroxylation sites is 1. The minimum absolute atomic E-state index is 0.315. The second kappa shape index (κ2) is 7.44. The van der Waals surface area contributed by atoms with E-state index in [0.717, 1.165) is 11.1 Å². The molecule has 21 heavy (non-hydrogen) atoms. The van der Waals surface area contributed by atoms with Crippen molar-refractivity contribution in [2.75, 3.05) is 6.61 Å². The van der Waals surface area contributed by atoms with E-state index in [1.54, 1.807) is 24.4 Å². The van der Waals surface area contributed by atoms with Crippen molar-refractivity contribution in [3.05, 3.63) is 46.4 Å². The summed E-state index contributed by atoms with van der Waals surface area (Å²) in [5.41, 5.74) is 0.653. The second-order valence-electron chi connectivity index (χ2n) is 3.99. The number of carboxylic acids is 1. The Bertz CT molecular complexity index is 623. The van der Waals surface area contributed by atoms with Crippen molar-refractivity contribution in [3.63, 3.8) is 0 Å². The third-order valence-corrected chi connectivity index (χ3v) is 3.29. The van der Waals surface area contributed by atoms with E-state index in [-0.39, 0.29) is 0 Å². The van der Waals surface area contributed by atoms with Gasteiger partial charge in [0.05, 0.1) is 6.61 Å². The van der Waals surface area contributed by atoms with Crippen molar-refractivity contribution in [3.8, 4) is 11.5 Å². The molecule has 0 atom stereocenters. The number of hydrogen-bond donors (Lipinski definition) is 1. The summed E-state index contributed by atoms with van der Waals surface area (Å²) in [5, 5.41) is 11.5. The fraction of sp³-hybridized carbons (Fsp3) is 0.200. The van der Waals surface area contributed by atoms with Gasteiger partial charge < -0.3 is 14.6 Å². The van der Waals surface area contributed by atoms with Gasteiger partial charge in [-0.1, -0.05) is 12.1 Å². The van der Waals surface area contributed by atoms with Crippen LogP contribution in [0.1, 0.15) is 17.5 Å². The van der Waals surface area contributed by atoms with E-state index in [1.807, 2.05) is 12.3 Å². The van der Waals surface area contributed by atoms with E-state index >= 15 is 0 Å². The minimum Gasteiger partial charge on any atom is -0.490 e. The zero-order valence-electron chi connectivity index (χ0n) is 11.5. The molecule has 0 aliphatic rings. The quantitative estimate of drug-likeness (QED) is 0.795. The molecule has 0 saturated carbocycles. The molecule has 0 radical (unpaired) electrons. The van der Waals surface area contributed by atoms with Gasteiger partial charge >= 0.3 is 5.97 Å². The monoisotopic (exact) mass is 305 g/mol. The van der Waals surface area contributed by atoms with Gasteiger partial charge in [-0.2, -0.15) is 0 Å². The molecule has 110 valence electrons. The van der Waals surface area contributed by atoms with Gasteiger partial charge in [0.15, 0.2) is 11.5 Å². The number of hydrogen-bond acceptors (Lipinski definition) is 5. The molecule has 0 saturated heterocycles. The lowest BCUT2D eigenvalue weighted by atomic mass is 10.1. The Morgan fingerprint density at radius 1 is 1.43 bits per heavy atom. The molecule has 1 heterocycles. The van der Waals surface area contributed by atoms with Crippen LogP contribution in [0.5, 0.6) is 11.5 Å². The summed E-state index contributed by atoms with van der Waals surface area (Å²) in [5.74, 6) is 0.0938. The first-order chi connectivity index (χ1) is 10.2. The maximum absolute atomic E-state index is 10.7. The van der Waals surface area contributed by atoms with Crippen LogP contribution < -0.4 is 9.47 Å².